The molecule has 4 nitrogen and oxygen atoms in total. The van der Waals surface area contributed by atoms with Gasteiger partial charge in [0.15, 0.2) is 18.1 Å². The van der Waals surface area contributed by atoms with Crippen LogP contribution in [0.4, 0.5) is 0 Å². The Labute approximate surface area is 51.2 Å². The summed E-state index contributed by atoms with van der Waals surface area (Å²) < 4.78 is 7.78. The Hall–Kier alpha value is -0.770. The highest BCUT2D eigenvalue weighted by Gasteiger charge is 1.89. The highest BCUT2D eigenvalue weighted by molar-refractivity contribution is 6.23. The summed E-state index contributed by atoms with van der Waals surface area (Å²) in [5.41, 5.74) is 0. The van der Waals surface area contributed by atoms with Gasteiger partial charge in [-0.15, -0.1) is 0 Å². The summed E-state index contributed by atoms with van der Waals surface area (Å²) in [6, 6.07) is 0. The highest BCUT2D eigenvalue weighted by Crippen LogP contribution is 1.77. The maximum Gasteiger partial charge on any atom is 0.352 e. The van der Waals surface area contributed by atoms with Gasteiger partial charge in [0, 0.05) is 0 Å². The molecule has 0 unspecified atom stereocenters. The normalized spacial score (nSPS) is 9.25. The van der Waals surface area contributed by atoms with Crippen molar-refractivity contribution in [1.82, 2.24) is 0 Å². The number of oxime groups is 1. The molecule has 0 rings (SSSR count). The van der Waals surface area contributed by atoms with Crippen LogP contribution in [0.15, 0.2) is 5.16 Å². The van der Waals surface area contributed by atoms with Gasteiger partial charge in [0.2, 0.25) is 0 Å². The zero-order valence-electron chi connectivity index (χ0n) is 4.13. The van der Waals surface area contributed by atoms with E-state index in [2.05, 4.69) is 26.1 Å². The minimum absolute atomic E-state index is 0.606. The number of carbonyl (C=O) groups excluding carboxylic acids is 1. The van der Waals surface area contributed by atoms with Crippen LogP contribution in [0.25, 0.3) is 0 Å². The molecule has 5 heteroatoms. The molecule has 0 amide bonds. The summed E-state index contributed by atoms with van der Waals surface area (Å²) in [4.78, 5) is 10.1. The van der Waals surface area contributed by atoms with Crippen LogP contribution in [0.1, 0.15) is 0 Å². The Morgan fingerprint density at radius 3 is 2.88 bits per heavy atom. The molecule has 0 aromatic carbocycles. The van der Waals surface area contributed by atoms with Crippen molar-refractivity contribution >= 4 is 24.0 Å². The van der Waals surface area contributed by atoms with Crippen molar-refractivity contribution in [1.29, 1.82) is 0 Å². The number of ether oxygens (including phenoxy) is 1. The first-order valence-electron chi connectivity index (χ1n) is 1.70. The quantitative estimate of drug-likeness (QED) is 0.313. The van der Waals surface area contributed by atoms with E-state index in [1.165, 1.54) is 7.11 Å². The highest BCUT2D eigenvalue weighted by atomic mass is 35.5. The zero-order chi connectivity index (χ0) is 6.41. The van der Waals surface area contributed by atoms with E-state index >= 15 is 0 Å². The number of rotatable bonds is 2. The molecule has 0 saturated heterocycles. The summed E-state index contributed by atoms with van der Waals surface area (Å²) in [6.45, 7) is 0. The number of carbonyl (C=O) groups is 1. The maximum atomic E-state index is 10.1. The minimum atomic E-state index is -0.606. The zero-order valence-corrected chi connectivity index (χ0v) is 4.88. The van der Waals surface area contributed by atoms with Gasteiger partial charge in [-0.3, -0.25) is 4.39 Å². The van der Waals surface area contributed by atoms with Gasteiger partial charge in [-0.2, -0.15) is 0 Å². The molecule has 0 aliphatic rings. The van der Waals surface area contributed by atoms with E-state index in [4.69, 9.17) is 0 Å². The van der Waals surface area contributed by atoms with Gasteiger partial charge in [0.1, 0.15) is 0 Å². The van der Waals surface area contributed by atoms with Gasteiger partial charge in [0.05, 0.1) is 7.11 Å². The second-order valence-electron chi connectivity index (χ2n) is 0.827. The molecule has 0 spiro atoms. The molecular formula is C3H4ClNO3. The van der Waals surface area contributed by atoms with Crippen molar-refractivity contribution < 1.29 is 13.9 Å². The molecule has 0 fully saturated rings. The summed E-state index contributed by atoms with van der Waals surface area (Å²) in [6.07, 6.45) is 0.812. The van der Waals surface area contributed by atoms with Crippen LogP contribution >= 0.6 is 11.9 Å². The molecule has 0 radical (unpaired) electrons. The molecule has 0 aromatic heterocycles. The van der Waals surface area contributed by atoms with E-state index in [1.807, 2.05) is 0 Å². The van der Waals surface area contributed by atoms with Gasteiger partial charge in [0.25, 0.3) is 0 Å². The van der Waals surface area contributed by atoms with Crippen molar-refractivity contribution in [2.45, 2.75) is 0 Å². The average Bonchev–Trinajstić information content (AvgIpc) is 1.83. The topological polar surface area (TPSA) is 47.9 Å². The second-order valence-corrected chi connectivity index (χ2v) is 0.965. The van der Waals surface area contributed by atoms with Crippen LogP contribution < -0.4 is 0 Å². The van der Waals surface area contributed by atoms with Gasteiger partial charge in [-0.05, 0) is 0 Å². The Balaban J connectivity index is 3.37. The fraction of sp³-hybridized carbons (Fsp3) is 0.333. The first-order chi connectivity index (χ1) is 3.81. The average molecular weight is 138 g/mol. The SMILES string of the molecule is COC(=O)/C=N/OCl. The number of hydrogen-bond donors (Lipinski definition) is 0. The number of esters is 1. The van der Waals surface area contributed by atoms with E-state index in [0.717, 1.165) is 6.21 Å². The molecule has 0 aromatic rings. The number of halogens is 1. The van der Waals surface area contributed by atoms with Crippen molar-refractivity contribution in [2.75, 3.05) is 7.11 Å². The molecule has 0 atom stereocenters. The second kappa shape index (κ2) is 4.39. The molecular weight excluding hydrogens is 133 g/mol. The lowest BCUT2D eigenvalue weighted by Gasteiger charge is -1.84. The lowest BCUT2D eigenvalue weighted by Crippen LogP contribution is -2.00. The molecule has 8 heavy (non-hydrogen) atoms. The fourth-order valence-electron chi connectivity index (χ4n) is 0.116. The maximum absolute atomic E-state index is 10.1. The summed E-state index contributed by atoms with van der Waals surface area (Å²) in [5, 5.41) is 2.91. The monoisotopic (exact) mass is 137 g/mol. The smallest absolute Gasteiger partial charge is 0.352 e. The molecule has 0 heterocycles. The van der Waals surface area contributed by atoms with Crippen molar-refractivity contribution in [3.05, 3.63) is 0 Å². The standard InChI is InChI=1S/C3H4ClNO3/c1-7-3(6)2-5-8-4/h2H,1H3/b5-2+. The predicted octanol–water partition coefficient (Wildman–Crippen LogP) is 0.316. The van der Waals surface area contributed by atoms with Crippen LogP contribution in [-0.2, 0) is 13.9 Å². The number of hydrogen-bond acceptors (Lipinski definition) is 4. The Morgan fingerprint density at radius 2 is 2.50 bits per heavy atom. The first kappa shape index (κ1) is 7.23. The molecule has 46 valence electrons. The lowest BCUT2D eigenvalue weighted by molar-refractivity contribution is -0.132. The Kier molecular flexibility index (Phi) is 3.97. The van der Waals surface area contributed by atoms with E-state index in [1.54, 1.807) is 0 Å². The molecule has 0 aliphatic heterocycles. The Morgan fingerprint density at radius 1 is 1.88 bits per heavy atom. The van der Waals surface area contributed by atoms with Crippen LogP contribution in [0.2, 0.25) is 0 Å². The van der Waals surface area contributed by atoms with E-state index in [0.29, 0.717) is 0 Å². The third-order valence-electron chi connectivity index (χ3n) is 0.399. The van der Waals surface area contributed by atoms with E-state index in [9.17, 15) is 4.79 Å². The van der Waals surface area contributed by atoms with Crippen molar-refractivity contribution in [3.63, 3.8) is 0 Å². The van der Waals surface area contributed by atoms with Gasteiger partial charge < -0.3 is 4.74 Å². The summed E-state index contributed by atoms with van der Waals surface area (Å²) in [5.74, 6) is -0.606. The Bertz CT molecular complexity index is 103. The fourth-order valence-corrected chi connectivity index (χ4v) is 0.155. The lowest BCUT2D eigenvalue weighted by atomic mass is 10.8. The third-order valence-corrected chi connectivity index (χ3v) is 0.479. The van der Waals surface area contributed by atoms with Crippen LogP contribution in [0.5, 0.6) is 0 Å². The van der Waals surface area contributed by atoms with Gasteiger partial charge in [-0.25, -0.2) is 4.79 Å². The largest absolute Gasteiger partial charge is 0.465 e. The molecule has 0 bridgehead atoms. The van der Waals surface area contributed by atoms with Crippen LogP contribution in [-0.4, -0.2) is 19.3 Å². The van der Waals surface area contributed by atoms with Gasteiger partial charge in [-0.1, -0.05) is 5.16 Å². The van der Waals surface area contributed by atoms with E-state index < -0.39 is 5.97 Å². The molecule has 0 N–H and O–H groups in total. The third kappa shape index (κ3) is 3.42. The van der Waals surface area contributed by atoms with Crippen LogP contribution in [0.3, 0.4) is 0 Å². The van der Waals surface area contributed by atoms with Crippen molar-refractivity contribution in [3.8, 4) is 0 Å². The van der Waals surface area contributed by atoms with Crippen LogP contribution in [0, 0.1) is 0 Å². The van der Waals surface area contributed by atoms with Gasteiger partial charge >= 0.3 is 5.97 Å². The minimum Gasteiger partial charge on any atom is -0.465 e. The predicted molar refractivity (Wildman–Crippen MR) is 27.4 cm³/mol. The first-order valence-corrected chi connectivity index (χ1v) is 2.01. The summed E-state index contributed by atoms with van der Waals surface area (Å²) >= 11 is 4.60. The van der Waals surface area contributed by atoms with E-state index in [-0.39, 0.29) is 0 Å². The molecule has 0 aliphatic carbocycles. The molecule has 0 saturated carbocycles. The number of methoxy groups -OCH3 is 1. The summed E-state index contributed by atoms with van der Waals surface area (Å²) in [7, 11) is 1.22. The number of nitrogens with zero attached hydrogens (tertiary/aromatic N) is 1. The van der Waals surface area contributed by atoms with Crippen molar-refractivity contribution in [2.24, 2.45) is 5.16 Å².